The highest BCUT2D eigenvalue weighted by molar-refractivity contribution is 7.92. The average Bonchev–Trinajstić information content (AvgIpc) is 3.44. The van der Waals surface area contributed by atoms with Crippen LogP contribution in [0.1, 0.15) is 16.2 Å². The number of nitrogens with zero attached hydrogens (tertiary/aromatic N) is 3. The normalized spacial score (nSPS) is 11.2. The monoisotopic (exact) mass is 595 g/mol. The van der Waals surface area contributed by atoms with E-state index in [2.05, 4.69) is 25.2 Å². The van der Waals surface area contributed by atoms with Gasteiger partial charge in [0.25, 0.3) is 15.9 Å². The number of benzene rings is 3. The average molecular weight is 596 g/mol. The summed E-state index contributed by atoms with van der Waals surface area (Å²) in [4.78, 5) is 21.3. The quantitative estimate of drug-likeness (QED) is 0.213. The van der Waals surface area contributed by atoms with E-state index in [-0.39, 0.29) is 39.4 Å². The number of pyridine rings is 1. The Kier molecular flexibility index (Phi) is 7.96. The molecule has 202 valence electrons. The van der Waals surface area contributed by atoms with Gasteiger partial charge < -0.3 is 14.6 Å². The van der Waals surface area contributed by atoms with Crippen LogP contribution in [0.2, 0.25) is 10.0 Å². The molecule has 0 spiro atoms. The van der Waals surface area contributed by atoms with E-state index in [1.165, 1.54) is 42.5 Å². The van der Waals surface area contributed by atoms with Crippen molar-refractivity contribution in [2.24, 2.45) is 0 Å². The van der Waals surface area contributed by atoms with Crippen LogP contribution in [0.4, 0.5) is 5.69 Å². The summed E-state index contributed by atoms with van der Waals surface area (Å²) in [6, 6.07) is 22.1. The Morgan fingerprint density at radius 3 is 2.48 bits per heavy atom. The first-order valence-corrected chi connectivity index (χ1v) is 13.9. The van der Waals surface area contributed by atoms with E-state index in [9.17, 15) is 13.2 Å². The van der Waals surface area contributed by atoms with E-state index >= 15 is 0 Å². The third-order valence-electron chi connectivity index (χ3n) is 5.43. The summed E-state index contributed by atoms with van der Waals surface area (Å²) in [6.07, 6.45) is 1.59. The largest absolute Gasteiger partial charge is 0.456 e. The van der Waals surface area contributed by atoms with Crippen LogP contribution in [-0.4, -0.2) is 29.4 Å². The fourth-order valence-corrected chi connectivity index (χ4v) is 4.94. The smallest absolute Gasteiger partial charge is 0.261 e. The molecule has 2 heterocycles. The zero-order chi connectivity index (χ0) is 28.1. The highest BCUT2D eigenvalue weighted by Gasteiger charge is 2.20. The lowest BCUT2D eigenvalue weighted by atomic mass is 10.1. The molecule has 2 aromatic heterocycles. The van der Waals surface area contributed by atoms with E-state index in [1.54, 1.807) is 48.7 Å². The lowest BCUT2D eigenvalue weighted by Gasteiger charge is -2.13. The van der Waals surface area contributed by atoms with Crippen molar-refractivity contribution in [3.63, 3.8) is 0 Å². The highest BCUT2D eigenvalue weighted by atomic mass is 35.5. The Bertz CT molecular complexity index is 1760. The molecule has 40 heavy (non-hydrogen) atoms. The summed E-state index contributed by atoms with van der Waals surface area (Å²) in [7, 11) is -4.08. The molecule has 1 amide bonds. The fourth-order valence-electron chi connectivity index (χ4n) is 3.52. The first-order chi connectivity index (χ1) is 19.3. The number of halogens is 2. The van der Waals surface area contributed by atoms with E-state index in [0.29, 0.717) is 22.2 Å². The number of hydrogen-bond donors (Lipinski definition) is 2. The molecule has 0 bridgehead atoms. The van der Waals surface area contributed by atoms with E-state index < -0.39 is 15.9 Å². The van der Waals surface area contributed by atoms with Crippen molar-refractivity contribution in [3.8, 4) is 23.0 Å². The number of amides is 1. The Labute approximate surface area is 239 Å². The van der Waals surface area contributed by atoms with E-state index in [0.717, 1.165) is 0 Å². The van der Waals surface area contributed by atoms with Gasteiger partial charge in [-0.1, -0.05) is 46.6 Å². The zero-order valence-corrected chi connectivity index (χ0v) is 22.7. The number of ether oxygens (including phenoxy) is 1. The maximum Gasteiger partial charge on any atom is 0.261 e. The van der Waals surface area contributed by atoms with Crippen LogP contribution in [0.5, 0.6) is 11.5 Å². The molecule has 0 unspecified atom stereocenters. The van der Waals surface area contributed by atoms with Crippen molar-refractivity contribution in [2.45, 2.75) is 11.4 Å². The van der Waals surface area contributed by atoms with Crippen molar-refractivity contribution in [1.82, 2.24) is 20.4 Å². The number of carbonyl (C=O) groups excluding carboxylic acids is 1. The molecule has 0 fully saturated rings. The maximum absolute atomic E-state index is 13.1. The molecule has 5 rings (SSSR count). The second kappa shape index (κ2) is 11.7. The van der Waals surface area contributed by atoms with Gasteiger partial charge in [0.05, 0.1) is 27.7 Å². The third kappa shape index (κ3) is 6.40. The van der Waals surface area contributed by atoms with Crippen molar-refractivity contribution in [2.75, 3.05) is 4.72 Å². The number of carbonyl (C=O) groups is 1. The van der Waals surface area contributed by atoms with Gasteiger partial charge in [-0.2, -0.15) is 4.98 Å². The molecule has 2 N–H and O–H groups in total. The van der Waals surface area contributed by atoms with Crippen LogP contribution in [0, 0.1) is 0 Å². The Balaban J connectivity index is 1.29. The highest BCUT2D eigenvalue weighted by Crippen LogP contribution is 2.30. The topological polar surface area (TPSA) is 136 Å². The van der Waals surface area contributed by atoms with Gasteiger partial charge in [-0.05, 0) is 66.7 Å². The minimum atomic E-state index is -4.08. The van der Waals surface area contributed by atoms with Gasteiger partial charge in [0, 0.05) is 11.2 Å². The Morgan fingerprint density at radius 2 is 1.73 bits per heavy atom. The molecule has 0 saturated heterocycles. The lowest BCUT2D eigenvalue weighted by molar-refractivity contribution is 0.0947. The predicted molar refractivity (Wildman–Crippen MR) is 149 cm³/mol. The SMILES string of the molecule is O=C(NCc1nc(-c2ccccn2)no1)c1cc(Cl)ccc1NS(=O)(=O)c1ccc(Oc2ccccc2Cl)cc1. The molecule has 0 radical (unpaired) electrons. The van der Waals surface area contributed by atoms with Crippen LogP contribution < -0.4 is 14.8 Å². The minimum Gasteiger partial charge on any atom is -0.456 e. The number of hydrogen-bond acceptors (Lipinski definition) is 8. The second-order valence-electron chi connectivity index (χ2n) is 8.21. The van der Waals surface area contributed by atoms with Gasteiger partial charge >= 0.3 is 0 Å². The van der Waals surface area contributed by atoms with Gasteiger partial charge in [0.1, 0.15) is 17.2 Å². The van der Waals surface area contributed by atoms with Gasteiger partial charge in [0.2, 0.25) is 11.7 Å². The zero-order valence-electron chi connectivity index (χ0n) is 20.4. The molecule has 0 aliphatic heterocycles. The molecule has 3 aromatic carbocycles. The molecular weight excluding hydrogens is 577 g/mol. The minimum absolute atomic E-state index is 0.000729. The van der Waals surface area contributed by atoms with Crippen LogP contribution in [0.15, 0.2) is 101 Å². The molecule has 0 aliphatic rings. The third-order valence-corrected chi connectivity index (χ3v) is 7.36. The Hall–Kier alpha value is -4.45. The van der Waals surface area contributed by atoms with Crippen molar-refractivity contribution in [1.29, 1.82) is 0 Å². The van der Waals surface area contributed by atoms with E-state index in [4.69, 9.17) is 32.5 Å². The summed E-state index contributed by atoms with van der Waals surface area (Å²) in [5, 5.41) is 7.15. The fraction of sp³-hybridized carbons (Fsp3) is 0.0370. The molecule has 0 saturated carbocycles. The van der Waals surface area contributed by atoms with Gasteiger partial charge in [-0.25, -0.2) is 8.42 Å². The van der Waals surface area contributed by atoms with Crippen LogP contribution in [0.3, 0.4) is 0 Å². The van der Waals surface area contributed by atoms with Crippen molar-refractivity contribution >= 4 is 44.8 Å². The second-order valence-corrected chi connectivity index (χ2v) is 10.7. The molecule has 13 heteroatoms. The van der Waals surface area contributed by atoms with Crippen LogP contribution in [-0.2, 0) is 16.6 Å². The van der Waals surface area contributed by atoms with Gasteiger partial charge in [0.15, 0.2) is 0 Å². The summed E-state index contributed by atoms with van der Waals surface area (Å²) in [5.74, 6) is 0.622. The summed E-state index contributed by atoms with van der Waals surface area (Å²) >= 11 is 12.2. The molecule has 0 atom stereocenters. The summed E-state index contributed by atoms with van der Waals surface area (Å²) in [5.41, 5.74) is 0.538. The molecular formula is C27H19Cl2N5O5S. The van der Waals surface area contributed by atoms with Crippen LogP contribution >= 0.6 is 23.2 Å². The first-order valence-electron chi connectivity index (χ1n) is 11.7. The standard InChI is InChI=1S/C27H19Cl2N5O5S/c28-17-8-13-22(20(15-17)27(35)31-16-25-32-26(33-39-25)23-6-3-4-14-30-23)34-40(36,37)19-11-9-18(10-12-19)38-24-7-2-1-5-21(24)29/h1-15,34H,16H2,(H,31,35). The summed E-state index contributed by atoms with van der Waals surface area (Å²) in [6.45, 7) is -0.107. The van der Waals surface area contributed by atoms with Gasteiger partial charge in [-0.3, -0.25) is 14.5 Å². The number of para-hydroxylation sites is 1. The first kappa shape index (κ1) is 27.1. The number of rotatable bonds is 9. The summed E-state index contributed by atoms with van der Waals surface area (Å²) < 4.78 is 39.6. The number of nitrogens with one attached hydrogen (secondary N) is 2. The molecule has 10 nitrogen and oxygen atoms in total. The van der Waals surface area contributed by atoms with Crippen molar-refractivity contribution in [3.05, 3.63) is 113 Å². The van der Waals surface area contributed by atoms with Crippen molar-refractivity contribution < 1.29 is 22.5 Å². The van der Waals surface area contributed by atoms with E-state index in [1.807, 2.05) is 0 Å². The predicted octanol–water partition coefficient (Wildman–Crippen LogP) is 5.96. The molecule has 5 aromatic rings. The number of sulfonamides is 1. The maximum atomic E-state index is 13.1. The number of aromatic nitrogens is 3. The Morgan fingerprint density at radius 1 is 0.950 bits per heavy atom. The molecule has 0 aliphatic carbocycles. The van der Waals surface area contributed by atoms with Crippen LogP contribution in [0.25, 0.3) is 11.5 Å². The van der Waals surface area contributed by atoms with Gasteiger partial charge in [-0.15, -0.1) is 0 Å². The number of anilines is 1. The lowest BCUT2D eigenvalue weighted by Crippen LogP contribution is -2.25.